The van der Waals surface area contributed by atoms with Crippen LogP contribution < -0.4 is 0 Å². The van der Waals surface area contributed by atoms with Gasteiger partial charge in [0.1, 0.15) is 0 Å². The zero-order valence-electron chi connectivity index (χ0n) is 16.2. The van der Waals surface area contributed by atoms with E-state index < -0.39 is 0 Å². The third-order valence-electron chi connectivity index (χ3n) is 6.93. The van der Waals surface area contributed by atoms with Crippen molar-refractivity contribution in [1.82, 2.24) is 0 Å². The van der Waals surface area contributed by atoms with Crippen LogP contribution in [0.2, 0.25) is 5.02 Å². The van der Waals surface area contributed by atoms with Crippen molar-refractivity contribution in [3.63, 3.8) is 0 Å². The first-order valence-electron chi connectivity index (χ1n) is 10.3. The Morgan fingerprint density at radius 2 is 1.13 bits per heavy atom. The van der Waals surface area contributed by atoms with Crippen LogP contribution in [0, 0.1) is 0 Å². The average molecular weight is 401 g/mol. The molecule has 5 aromatic rings. The Labute approximate surface area is 180 Å². The molecule has 0 saturated heterocycles. The molecule has 0 nitrogen and oxygen atoms in total. The van der Waals surface area contributed by atoms with Gasteiger partial charge in [0, 0.05) is 5.02 Å². The van der Waals surface area contributed by atoms with E-state index in [9.17, 15) is 0 Å². The van der Waals surface area contributed by atoms with Crippen molar-refractivity contribution in [2.24, 2.45) is 0 Å². The van der Waals surface area contributed by atoms with Gasteiger partial charge in [-0.2, -0.15) is 0 Å². The second-order valence-corrected chi connectivity index (χ2v) is 8.68. The van der Waals surface area contributed by atoms with E-state index in [4.69, 9.17) is 11.6 Å². The molecule has 0 saturated carbocycles. The van der Waals surface area contributed by atoms with E-state index in [1.165, 1.54) is 55.3 Å². The molecule has 140 valence electrons. The summed E-state index contributed by atoms with van der Waals surface area (Å²) in [4.78, 5) is 0. The smallest absolute Gasteiger partial charge is 0.0731 e. The Morgan fingerprint density at radius 1 is 0.500 bits per heavy atom. The molecule has 1 spiro atoms. The molecule has 1 atom stereocenters. The molecule has 2 aliphatic rings. The van der Waals surface area contributed by atoms with Gasteiger partial charge in [-0.25, -0.2) is 0 Å². The fraction of sp³-hybridized carbons (Fsp3) is 0.0345. The molecule has 0 aromatic heterocycles. The molecule has 1 unspecified atom stereocenters. The van der Waals surface area contributed by atoms with Crippen molar-refractivity contribution in [3.05, 3.63) is 130 Å². The molecule has 5 aromatic carbocycles. The Hall–Kier alpha value is -3.35. The van der Waals surface area contributed by atoms with Gasteiger partial charge in [-0.05, 0) is 67.4 Å². The highest BCUT2D eigenvalue weighted by Gasteiger charge is 2.52. The molecule has 0 amide bonds. The largest absolute Gasteiger partial charge is 0.0843 e. The number of benzene rings is 5. The second-order valence-electron chi connectivity index (χ2n) is 8.24. The minimum Gasteiger partial charge on any atom is -0.0843 e. The van der Waals surface area contributed by atoms with E-state index in [1.807, 2.05) is 6.07 Å². The van der Waals surface area contributed by atoms with E-state index in [1.54, 1.807) is 0 Å². The zero-order valence-corrected chi connectivity index (χ0v) is 16.9. The lowest BCUT2D eigenvalue weighted by Gasteiger charge is -2.31. The van der Waals surface area contributed by atoms with E-state index >= 15 is 0 Å². The Kier molecular flexibility index (Phi) is 3.08. The maximum Gasteiger partial charge on any atom is 0.0731 e. The topological polar surface area (TPSA) is 0 Å². The summed E-state index contributed by atoms with van der Waals surface area (Å²) in [5.74, 6) is 0. The van der Waals surface area contributed by atoms with E-state index in [2.05, 4.69) is 97.1 Å². The number of hydrogen-bond acceptors (Lipinski definition) is 0. The molecule has 0 heterocycles. The molecule has 30 heavy (non-hydrogen) atoms. The van der Waals surface area contributed by atoms with Crippen molar-refractivity contribution in [2.45, 2.75) is 5.41 Å². The van der Waals surface area contributed by atoms with Gasteiger partial charge in [-0.3, -0.25) is 0 Å². The van der Waals surface area contributed by atoms with Crippen LogP contribution in [0.3, 0.4) is 0 Å². The lowest BCUT2D eigenvalue weighted by molar-refractivity contribution is 0.801. The van der Waals surface area contributed by atoms with Crippen molar-refractivity contribution in [3.8, 4) is 22.3 Å². The van der Waals surface area contributed by atoms with Crippen molar-refractivity contribution < 1.29 is 0 Å². The standard InChI is InChI=1S/C29H17Cl/c30-19-14-16-27-24(17-19)22-10-4-6-12-26(22)29(27)25-11-5-3-9-21(25)23-15-13-18-7-1-2-8-20(18)28(23)29/h1-17H. The van der Waals surface area contributed by atoms with Gasteiger partial charge >= 0.3 is 0 Å². The first-order chi connectivity index (χ1) is 14.8. The predicted octanol–water partition coefficient (Wildman–Crippen LogP) is 7.84. The molecular weight excluding hydrogens is 384 g/mol. The third-order valence-corrected chi connectivity index (χ3v) is 7.17. The Balaban J connectivity index is 1.78. The lowest BCUT2D eigenvalue weighted by atomic mass is 9.69. The quantitative estimate of drug-likeness (QED) is 0.243. The maximum atomic E-state index is 6.48. The SMILES string of the molecule is Clc1ccc2c(c1)-c1ccccc1C21c2ccccc2-c2ccc3ccccc3c21. The highest BCUT2D eigenvalue weighted by atomic mass is 35.5. The van der Waals surface area contributed by atoms with Crippen LogP contribution in [0.25, 0.3) is 33.0 Å². The van der Waals surface area contributed by atoms with Gasteiger partial charge in [0.2, 0.25) is 0 Å². The molecule has 7 rings (SSSR count). The van der Waals surface area contributed by atoms with Crippen LogP contribution in [-0.4, -0.2) is 0 Å². The molecule has 0 bridgehead atoms. The van der Waals surface area contributed by atoms with Crippen molar-refractivity contribution in [2.75, 3.05) is 0 Å². The summed E-state index contributed by atoms with van der Waals surface area (Å²) < 4.78 is 0. The maximum absolute atomic E-state index is 6.48. The molecule has 0 aliphatic heterocycles. The monoisotopic (exact) mass is 400 g/mol. The fourth-order valence-corrected chi connectivity index (χ4v) is 6.07. The molecule has 0 fully saturated rings. The lowest BCUT2D eigenvalue weighted by Crippen LogP contribution is -2.26. The van der Waals surface area contributed by atoms with Crippen molar-refractivity contribution in [1.29, 1.82) is 0 Å². The van der Waals surface area contributed by atoms with Crippen LogP contribution in [0.1, 0.15) is 22.3 Å². The summed E-state index contributed by atoms with van der Waals surface area (Å²) in [6.07, 6.45) is 0. The van der Waals surface area contributed by atoms with Gasteiger partial charge in [0.05, 0.1) is 5.41 Å². The first-order valence-corrected chi connectivity index (χ1v) is 10.7. The molecule has 1 heteroatoms. The Morgan fingerprint density at radius 3 is 1.93 bits per heavy atom. The van der Waals surface area contributed by atoms with Crippen LogP contribution in [0.5, 0.6) is 0 Å². The molecule has 0 radical (unpaired) electrons. The van der Waals surface area contributed by atoms with Crippen LogP contribution in [0.15, 0.2) is 103 Å². The highest BCUT2D eigenvalue weighted by molar-refractivity contribution is 6.31. The summed E-state index contributed by atoms with van der Waals surface area (Å²) in [5.41, 5.74) is 10.3. The van der Waals surface area contributed by atoms with Gasteiger partial charge in [-0.15, -0.1) is 0 Å². The van der Waals surface area contributed by atoms with Gasteiger partial charge in [0.25, 0.3) is 0 Å². The highest BCUT2D eigenvalue weighted by Crippen LogP contribution is 2.64. The number of hydrogen-bond donors (Lipinski definition) is 0. The fourth-order valence-electron chi connectivity index (χ4n) is 5.90. The van der Waals surface area contributed by atoms with E-state index in [0.717, 1.165) is 5.02 Å². The van der Waals surface area contributed by atoms with Crippen LogP contribution in [0.4, 0.5) is 0 Å². The van der Waals surface area contributed by atoms with E-state index in [0.29, 0.717) is 0 Å². The number of fused-ring (bicyclic) bond motifs is 12. The first kappa shape index (κ1) is 16.4. The third kappa shape index (κ3) is 1.79. The second kappa shape index (κ2) is 5.62. The van der Waals surface area contributed by atoms with E-state index in [-0.39, 0.29) is 5.41 Å². The molecule has 2 aliphatic carbocycles. The number of halogens is 1. The van der Waals surface area contributed by atoms with Gasteiger partial charge < -0.3 is 0 Å². The van der Waals surface area contributed by atoms with Crippen LogP contribution in [-0.2, 0) is 5.41 Å². The predicted molar refractivity (Wildman–Crippen MR) is 125 cm³/mol. The average Bonchev–Trinajstić information content (AvgIpc) is 3.26. The van der Waals surface area contributed by atoms with Crippen molar-refractivity contribution >= 4 is 22.4 Å². The molecule has 0 N–H and O–H groups in total. The minimum absolute atomic E-state index is 0.316. The summed E-state index contributed by atoms with van der Waals surface area (Å²) in [6, 6.07) is 37.5. The van der Waals surface area contributed by atoms with Gasteiger partial charge in [0.15, 0.2) is 0 Å². The summed E-state index contributed by atoms with van der Waals surface area (Å²) in [6.45, 7) is 0. The zero-order chi connectivity index (χ0) is 19.9. The summed E-state index contributed by atoms with van der Waals surface area (Å²) >= 11 is 6.48. The number of rotatable bonds is 0. The van der Waals surface area contributed by atoms with Gasteiger partial charge in [-0.1, -0.05) is 103 Å². The van der Waals surface area contributed by atoms with Crippen LogP contribution >= 0.6 is 11.6 Å². The normalized spacial score (nSPS) is 17.6. The Bertz CT molecular complexity index is 1510. The summed E-state index contributed by atoms with van der Waals surface area (Å²) in [5, 5.41) is 3.39. The minimum atomic E-state index is -0.316. The molecular formula is C29H17Cl. The summed E-state index contributed by atoms with van der Waals surface area (Å²) in [7, 11) is 0.